The van der Waals surface area contributed by atoms with Gasteiger partial charge in [0.15, 0.2) is 0 Å². The normalized spacial score (nSPS) is 15.7. The van der Waals surface area contributed by atoms with Crippen LogP contribution in [0, 0.1) is 0 Å². The van der Waals surface area contributed by atoms with E-state index in [1.807, 2.05) is 0 Å². The monoisotopic (exact) mass is 250 g/mol. The van der Waals surface area contributed by atoms with Crippen LogP contribution in [-0.2, 0) is 4.79 Å². The first-order valence-corrected chi connectivity index (χ1v) is 5.46. The predicted molar refractivity (Wildman–Crippen MR) is 55.0 cm³/mol. The number of hydrogen-bond acceptors (Lipinski definition) is 1. The van der Waals surface area contributed by atoms with Crippen LogP contribution < -0.4 is 0 Å². The van der Waals surface area contributed by atoms with E-state index in [2.05, 4.69) is 0 Å². The third-order valence-electron chi connectivity index (χ3n) is 1.23. The van der Waals surface area contributed by atoms with Gasteiger partial charge in [0.05, 0.1) is 10.8 Å². The van der Waals surface area contributed by atoms with Gasteiger partial charge in [0.25, 0.3) is 0 Å². The van der Waals surface area contributed by atoms with E-state index in [9.17, 15) is 4.79 Å². The van der Waals surface area contributed by atoms with E-state index < -0.39 is 0 Å². The Bertz CT molecular complexity index is 125. The molecule has 2 atom stereocenters. The van der Waals surface area contributed by atoms with E-state index in [0.717, 1.165) is 0 Å². The fraction of sp³-hybridized carbons (Fsp3) is 0.857. The van der Waals surface area contributed by atoms with Gasteiger partial charge in [-0.05, 0) is 0 Å². The molecule has 0 rings (SSSR count). The molecule has 0 amide bonds. The largest absolute Gasteiger partial charge is 0.300 e. The third-order valence-corrected chi connectivity index (χ3v) is 2.91. The summed E-state index contributed by atoms with van der Waals surface area (Å²) in [5, 5.41) is -0.586. The highest BCUT2D eigenvalue weighted by Gasteiger charge is 2.13. The van der Waals surface area contributed by atoms with Crippen molar-refractivity contribution in [1.29, 1.82) is 0 Å². The van der Waals surface area contributed by atoms with Crippen molar-refractivity contribution in [1.82, 2.24) is 0 Å². The number of Topliss-reactive ketones (excluding diaryl/α,β-unsaturated/α-hetero) is 1. The molecule has 0 spiro atoms. The maximum atomic E-state index is 11.1. The summed E-state index contributed by atoms with van der Waals surface area (Å²) < 4.78 is 0. The van der Waals surface area contributed by atoms with E-state index in [4.69, 9.17) is 46.4 Å². The van der Waals surface area contributed by atoms with Gasteiger partial charge in [-0.25, -0.2) is 0 Å². The van der Waals surface area contributed by atoms with Gasteiger partial charge in [-0.15, -0.1) is 46.4 Å². The van der Waals surface area contributed by atoms with Crippen LogP contribution in [0.5, 0.6) is 0 Å². The number of alkyl halides is 4. The van der Waals surface area contributed by atoms with Crippen LogP contribution in [0.1, 0.15) is 12.8 Å². The van der Waals surface area contributed by atoms with E-state index in [1.54, 1.807) is 0 Å². The van der Waals surface area contributed by atoms with Gasteiger partial charge in [-0.1, -0.05) is 0 Å². The molecule has 5 heteroatoms. The lowest BCUT2D eigenvalue weighted by molar-refractivity contribution is -0.118. The Kier molecular flexibility index (Phi) is 7.76. The number of carbonyl (C=O) groups excluding carboxylic acids is 1. The summed E-state index contributed by atoms with van der Waals surface area (Å²) in [4.78, 5) is 11.1. The van der Waals surface area contributed by atoms with Crippen LogP contribution >= 0.6 is 46.4 Å². The van der Waals surface area contributed by atoms with Crippen molar-refractivity contribution < 1.29 is 4.79 Å². The summed E-state index contributed by atoms with van der Waals surface area (Å²) in [6.07, 6.45) is 0.538. The van der Waals surface area contributed by atoms with E-state index in [0.29, 0.717) is 0 Å². The van der Waals surface area contributed by atoms with Gasteiger partial charge in [-0.3, -0.25) is 4.79 Å². The summed E-state index contributed by atoms with van der Waals surface area (Å²) in [7, 11) is 0. The fourth-order valence-electron chi connectivity index (χ4n) is 0.687. The molecule has 0 saturated carbocycles. The van der Waals surface area contributed by atoms with Crippen LogP contribution in [-0.4, -0.2) is 28.3 Å². The average Bonchev–Trinajstić information content (AvgIpc) is 2.03. The summed E-state index contributed by atoms with van der Waals surface area (Å²) in [5.74, 6) is 0.568. The molecule has 0 aliphatic heterocycles. The molecule has 0 fully saturated rings. The zero-order valence-corrected chi connectivity index (χ0v) is 9.43. The van der Waals surface area contributed by atoms with Crippen molar-refractivity contribution in [3.05, 3.63) is 0 Å². The standard InChI is InChI=1S/C7H10Cl4O/c8-3-5(10)1-7(12)2-6(11)4-9/h5-6H,1-4H2. The van der Waals surface area contributed by atoms with Crippen molar-refractivity contribution >= 4 is 52.2 Å². The molecule has 0 aliphatic rings. The molecule has 0 aromatic carbocycles. The number of ketones is 1. The van der Waals surface area contributed by atoms with Crippen molar-refractivity contribution in [2.24, 2.45) is 0 Å². The van der Waals surface area contributed by atoms with Crippen LogP contribution in [0.3, 0.4) is 0 Å². The molecule has 0 heterocycles. The van der Waals surface area contributed by atoms with Crippen LogP contribution in [0.4, 0.5) is 0 Å². The third kappa shape index (κ3) is 6.36. The molecule has 72 valence electrons. The first-order valence-electron chi connectivity index (χ1n) is 3.52. The Balaban J connectivity index is 3.59. The van der Waals surface area contributed by atoms with Crippen molar-refractivity contribution in [3.8, 4) is 0 Å². The lowest BCUT2D eigenvalue weighted by Crippen LogP contribution is -2.14. The van der Waals surface area contributed by atoms with Gasteiger partial charge >= 0.3 is 0 Å². The lowest BCUT2D eigenvalue weighted by atomic mass is 10.1. The number of hydrogen-bond donors (Lipinski definition) is 0. The molecule has 2 unspecified atom stereocenters. The van der Waals surface area contributed by atoms with Crippen LogP contribution in [0.15, 0.2) is 0 Å². The molecular weight excluding hydrogens is 242 g/mol. The van der Waals surface area contributed by atoms with E-state index in [1.165, 1.54) is 0 Å². The fourth-order valence-corrected chi connectivity index (χ4v) is 1.25. The summed E-state index contributed by atoms with van der Waals surface area (Å²) >= 11 is 22.2. The second-order valence-corrected chi connectivity index (χ2v) is 4.30. The minimum Gasteiger partial charge on any atom is -0.300 e. The minimum atomic E-state index is -0.293. The molecule has 0 N–H and O–H groups in total. The lowest BCUT2D eigenvalue weighted by Gasteiger charge is -2.06. The molecule has 0 aliphatic carbocycles. The highest BCUT2D eigenvalue weighted by molar-refractivity contribution is 6.30. The average molecular weight is 252 g/mol. The van der Waals surface area contributed by atoms with Gasteiger partial charge < -0.3 is 0 Å². The van der Waals surface area contributed by atoms with Crippen molar-refractivity contribution in [2.45, 2.75) is 23.6 Å². The quantitative estimate of drug-likeness (QED) is 0.664. The Morgan fingerprint density at radius 1 is 1.00 bits per heavy atom. The Morgan fingerprint density at radius 2 is 1.33 bits per heavy atom. The van der Waals surface area contributed by atoms with Crippen LogP contribution in [0.25, 0.3) is 0 Å². The predicted octanol–water partition coefficient (Wildman–Crippen LogP) is 3.03. The number of carbonyl (C=O) groups is 1. The molecule has 12 heavy (non-hydrogen) atoms. The molecule has 0 radical (unpaired) electrons. The first-order chi connectivity index (χ1) is 5.60. The second-order valence-electron chi connectivity index (χ2n) is 2.45. The Morgan fingerprint density at radius 3 is 1.58 bits per heavy atom. The maximum absolute atomic E-state index is 11.1. The number of rotatable bonds is 6. The molecular formula is C7H10Cl4O. The first kappa shape index (κ1) is 12.8. The zero-order chi connectivity index (χ0) is 9.56. The van der Waals surface area contributed by atoms with E-state index >= 15 is 0 Å². The second kappa shape index (κ2) is 7.25. The highest BCUT2D eigenvalue weighted by Crippen LogP contribution is 2.11. The van der Waals surface area contributed by atoms with Gasteiger partial charge in [0.1, 0.15) is 5.78 Å². The molecule has 0 aromatic rings. The van der Waals surface area contributed by atoms with Crippen molar-refractivity contribution in [3.63, 3.8) is 0 Å². The molecule has 0 bridgehead atoms. The highest BCUT2D eigenvalue weighted by atomic mass is 35.5. The van der Waals surface area contributed by atoms with Gasteiger partial charge in [-0.2, -0.15) is 0 Å². The Hall–Kier alpha value is 0.830. The zero-order valence-electron chi connectivity index (χ0n) is 6.40. The van der Waals surface area contributed by atoms with Crippen molar-refractivity contribution in [2.75, 3.05) is 11.8 Å². The Labute approximate surface area is 92.3 Å². The topological polar surface area (TPSA) is 17.1 Å². The van der Waals surface area contributed by atoms with E-state index in [-0.39, 0.29) is 41.1 Å². The smallest absolute Gasteiger partial charge is 0.135 e. The number of halogens is 4. The molecule has 1 nitrogen and oxygen atoms in total. The summed E-state index contributed by atoms with van der Waals surface area (Å²) in [5.41, 5.74) is 0. The van der Waals surface area contributed by atoms with Gasteiger partial charge in [0.2, 0.25) is 0 Å². The SMILES string of the molecule is O=C(CC(Cl)CCl)CC(Cl)CCl. The maximum Gasteiger partial charge on any atom is 0.135 e. The molecule has 0 aromatic heterocycles. The summed E-state index contributed by atoms with van der Waals surface area (Å²) in [6, 6.07) is 0. The summed E-state index contributed by atoms with van der Waals surface area (Å²) in [6.45, 7) is 0. The van der Waals surface area contributed by atoms with Gasteiger partial charge in [0, 0.05) is 24.6 Å². The van der Waals surface area contributed by atoms with Crippen LogP contribution in [0.2, 0.25) is 0 Å². The minimum absolute atomic E-state index is 0.0105. The molecule has 0 saturated heterocycles.